The number of rotatable bonds is 7. The second kappa shape index (κ2) is 8.73. The molecule has 0 bridgehead atoms. The first-order valence-electron chi connectivity index (χ1n) is 9.19. The number of hydrogen-bond donors (Lipinski definition) is 1. The van der Waals surface area contributed by atoms with Crippen molar-refractivity contribution in [2.75, 3.05) is 14.2 Å². The summed E-state index contributed by atoms with van der Waals surface area (Å²) in [6, 6.07) is 7.58. The van der Waals surface area contributed by atoms with Gasteiger partial charge in [-0.25, -0.2) is 9.59 Å². The minimum absolute atomic E-state index is 0.0119. The van der Waals surface area contributed by atoms with E-state index >= 15 is 0 Å². The third kappa shape index (κ3) is 4.29. The predicted octanol–water partition coefficient (Wildman–Crippen LogP) is 2.95. The van der Waals surface area contributed by atoms with Crippen molar-refractivity contribution in [3.63, 3.8) is 0 Å². The molecule has 0 unspecified atom stereocenters. The predicted molar refractivity (Wildman–Crippen MR) is 106 cm³/mol. The molecule has 0 saturated carbocycles. The maximum Gasteiger partial charge on any atom is 0.373 e. The van der Waals surface area contributed by atoms with Crippen molar-refractivity contribution < 1.29 is 33.0 Å². The molecule has 0 radical (unpaired) electrons. The SMILES string of the molecule is COC(=O)c1ccc(CN2C(=O)NC(=Cc3cccc(OC)c3OC(C)C)C2=O)o1. The van der Waals surface area contributed by atoms with Gasteiger partial charge in [0.25, 0.3) is 5.91 Å². The van der Waals surface area contributed by atoms with Gasteiger partial charge in [0.1, 0.15) is 11.5 Å². The summed E-state index contributed by atoms with van der Waals surface area (Å²) >= 11 is 0. The monoisotopic (exact) mass is 414 g/mol. The number of ether oxygens (including phenoxy) is 3. The summed E-state index contributed by atoms with van der Waals surface area (Å²) in [5.74, 6) is 0.0611. The second-order valence-electron chi connectivity index (χ2n) is 6.68. The summed E-state index contributed by atoms with van der Waals surface area (Å²) < 4.78 is 21.1. The van der Waals surface area contributed by atoms with Gasteiger partial charge in [0.15, 0.2) is 11.5 Å². The lowest BCUT2D eigenvalue weighted by Crippen LogP contribution is -2.30. The minimum atomic E-state index is -0.644. The fourth-order valence-corrected chi connectivity index (χ4v) is 2.87. The molecule has 3 rings (SSSR count). The van der Waals surface area contributed by atoms with Gasteiger partial charge in [-0.15, -0.1) is 0 Å². The highest BCUT2D eigenvalue weighted by molar-refractivity contribution is 6.14. The van der Waals surface area contributed by atoms with Crippen LogP contribution >= 0.6 is 0 Å². The van der Waals surface area contributed by atoms with E-state index in [-0.39, 0.29) is 29.9 Å². The quantitative estimate of drug-likeness (QED) is 0.422. The summed E-state index contributed by atoms with van der Waals surface area (Å²) in [4.78, 5) is 37.6. The van der Waals surface area contributed by atoms with Crippen LogP contribution in [0.15, 0.2) is 40.4 Å². The van der Waals surface area contributed by atoms with Crippen molar-refractivity contribution in [1.82, 2.24) is 10.2 Å². The summed E-state index contributed by atoms with van der Waals surface area (Å²) in [6.07, 6.45) is 1.41. The van der Waals surface area contributed by atoms with E-state index in [1.54, 1.807) is 18.2 Å². The molecule has 1 fully saturated rings. The van der Waals surface area contributed by atoms with E-state index in [1.807, 2.05) is 13.8 Å². The Labute approximate surface area is 173 Å². The summed E-state index contributed by atoms with van der Waals surface area (Å²) in [7, 11) is 2.75. The number of amides is 3. The largest absolute Gasteiger partial charge is 0.493 e. The topological polar surface area (TPSA) is 107 Å². The van der Waals surface area contributed by atoms with Crippen LogP contribution in [0.1, 0.15) is 35.7 Å². The lowest BCUT2D eigenvalue weighted by molar-refractivity contribution is -0.123. The van der Waals surface area contributed by atoms with E-state index in [0.29, 0.717) is 17.1 Å². The standard InChI is InChI=1S/C21H22N2O7/c1-12(2)29-18-13(6-5-7-16(18)27-3)10-15-19(24)23(21(26)22-15)11-14-8-9-17(30-14)20(25)28-4/h5-10,12H,11H2,1-4H3,(H,22,26). The molecule has 158 valence electrons. The number of carbonyl (C=O) groups is 3. The molecule has 9 heteroatoms. The van der Waals surface area contributed by atoms with Crippen molar-refractivity contribution >= 4 is 24.0 Å². The summed E-state index contributed by atoms with van der Waals surface area (Å²) in [5, 5.41) is 2.55. The van der Waals surface area contributed by atoms with E-state index in [2.05, 4.69) is 10.1 Å². The zero-order chi connectivity index (χ0) is 21.8. The van der Waals surface area contributed by atoms with Crippen molar-refractivity contribution in [2.24, 2.45) is 0 Å². The maximum absolute atomic E-state index is 12.8. The highest BCUT2D eigenvalue weighted by Crippen LogP contribution is 2.34. The number of methoxy groups -OCH3 is 2. The minimum Gasteiger partial charge on any atom is -0.493 e. The van der Waals surface area contributed by atoms with Crippen LogP contribution in [0.3, 0.4) is 0 Å². The molecule has 1 saturated heterocycles. The third-order valence-electron chi connectivity index (χ3n) is 4.21. The van der Waals surface area contributed by atoms with Crippen LogP contribution in [-0.2, 0) is 16.1 Å². The number of urea groups is 1. The number of para-hydroxylation sites is 1. The average Bonchev–Trinajstić information content (AvgIpc) is 3.29. The van der Waals surface area contributed by atoms with Crippen LogP contribution in [0.2, 0.25) is 0 Å². The summed E-state index contributed by atoms with van der Waals surface area (Å²) in [6.45, 7) is 3.62. The van der Waals surface area contributed by atoms with Gasteiger partial charge in [-0.3, -0.25) is 9.69 Å². The number of nitrogens with one attached hydrogen (secondary N) is 1. The Morgan fingerprint density at radius 1 is 1.20 bits per heavy atom. The highest BCUT2D eigenvalue weighted by Gasteiger charge is 2.34. The van der Waals surface area contributed by atoms with E-state index in [4.69, 9.17) is 13.9 Å². The molecule has 2 aromatic rings. The van der Waals surface area contributed by atoms with Crippen molar-refractivity contribution in [3.8, 4) is 11.5 Å². The molecule has 1 aliphatic heterocycles. The van der Waals surface area contributed by atoms with Crippen LogP contribution in [0, 0.1) is 0 Å². The van der Waals surface area contributed by atoms with Gasteiger partial charge in [0, 0.05) is 5.56 Å². The fraction of sp³-hybridized carbons (Fsp3) is 0.286. The number of nitrogens with zero attached hydrogens (tertiary/aromatic N) is 1. The molecule has 30 heavy (non-hydrogen) atoms. The van der Waals surface area contributed by atoms with E-state index in [9.17, 15) is 14.4 Å². The Morgan fingerprint density at radius 3 is 2.63 bits per heavy atom. The number of benzene rings is 1. The molecule has 0 aliphatic carbocycles. The Morgan fingerprint density at radius 2 is 1.97 bits per heavy atom. The highest BCUT2D eigenvalue weighted by atomic mass is 16.5. The van der Waals surface area contributed by atoms with Gasteiger partial charge in [-0.05, 0) is 38.1 Å². The number of furan rings is 1. The van der Waals surface area contributed by atoms with Gasteiger partial charge >= 0.3 is 12.0 Å². The first kappa shape index (κ1) is 21.0. The average molecular weight is 414 g/mol. The molecule has 1 aromatic carbocycles. The third-order valence-corrected chi connectivity index (χ3v) is 4.21. The van der Waals surface area contributed by atoms with Gasteiger partial charge in [-0.2, -0.15) is 0 Å². The number of imide groups is 1. The maximum atomic E-state index is 12.8. The number of hydrogen-bond acceptors (Lipinski definition) is 7. The molecular weight excluding hydrogens is 392 g/mol. The van der Waals surface area contributed by atoms with Crippen molar-refractivity contribution in [1.29, 1.82) is 0 Å². The Kier molecular flexibility index (Phi) is 6.10. The van der Waals surface area contributed by atoms with Crippen LogP contribution in [-0.4, -0.2) is 43.1 Å². The molecule has 9 nitrogen and oxygen atoms in total. The molecule has 1 N–H and O–H groups in total. The molecule has 0 spiro atoms. The van der Waals surface area contributed by atoms with Crippen LogP contribution < -0.4 is 14.8 Å². The van der Waals surface area contributed by atoms with Gasteiger partial charge in [0.05, 0.1) is 26.9 Å². The van der Waals surface area contributed by atoms with E-state index < -0.39 is 17.9 Å². The van der Waals surface area contributed by atoms with Gasteiger partial charge in [0.2, 0.25) is 5.76 Å². The lowest BCUT2D eigenvalue weighted by Gasteiger charge is -2.16. The first-order chi connectivity index (χ1) is 14.3. The van der Waals surface area contributed by atoms with E-state index in [0.717, 1.165) is 4.90 Å². The smallest absolute Gasteiger partial charge is 0.373 e. The number of esters is 1. The Hall–Kier alpha value is -3.75. The second-order valence-corrected chi connectivity index (χ2v) is 6.68. The van der Waals surface area contributed by atoms with Crippen molar-refractivity contribution in [2.45, 2.75) is 26.5 Å². The fourth-order valence-electron chi connectivity index (χ4n) is 2.87. The molecular formula is C21H22N2O7. The Balaban J connectivity index is 1.85. The molecule has 2 heterocycles. The zero-order valence-electron chi connectivity index (χ0n) is 17.1. The van der Waals surface area contributed by atoms with Crippen LogP contribution in [0.5, 0.6) is 11.5 Å². The molecule has 1 aromatic heterocycles. The first-order valence-corrected chi connectivity index (χ1v) is 9.19. The molecule has 1 aliphatic rings. The molecule has 3 amide bonds. The van der Waals surface area contributed by atoms with Crippen molar-refractivity contribution in [3.05, 3.63) is 53.1 Å². The van der Waals surface area contributed by atoms with E-state index in [1.165, 1.54) is 32.4 Å². The van der Waals surface area contributed by atoms with Gasteiger partial charge < -0.3 is 23.9 Å². The lowest BCUT2D eigenvalue weighted by atomic mass is 10.1. The van der Waals surface area contributed by atoms with Crippen LogP contribution in [0.25, 0.3) is 6.08 Å². The normalized spacial score (nSPS) is 15.0. The molecule has 0 atom stereocenters. The van der Waals surface area contributed by atoms with Crippen LogP contribution in [0.4, 0.5) is 4.79 Å². The number of carbonyl (C=O) groups excluding carboxylic acids is 3. The Bertz CT molecular complexity index is 1010. The van der Waals surface area contributed by atoms with Gasteiger partial charge in [-0.1, -0.05) is 12.1 Å². The zero-order valence-corrected chi connectivity index (χ0v) is 17.1. The summed E-state index contributed by atoms with van der Waals surface area (Å²) in [5.41, 5.74) is 0.668.